The summed E-state index contributed by atoms with van der Waals surface area (Å²) in [5.41, 5.74) is 0.678. The third-order valence-corrected chi connectivity index (χ3v) is 4.53. The first-order chi connectivity index (χ1) is 12.0. The van der Waals surface area contributed by atoms with Crippen LogP contribution in [0.15, 0.2) is 24.3 Å². The molecule has 2 aliphatic heterocycles. The Hall–Kier alpha value is -2.28. The second-order valence-corrected chi connectivity index (χ2v) is 6.87. The Morgan fingerprint density at radius 3 is 2.84 bits per heavy atom. The zero-order valence-electron chi connectivity index (χ0n) is 14.8. The van der Waals surface area contributed by atoms with E-state index in [-0.39, 0.29) is 36.1 Å². The van der Waals surface area contributed by atoms with Crippen molar-refractivity contribution in [3.63, 3.8) is 0 Å². The molecule has 1 aromatic rings. The molecule has 0 unspecified atom stereocenters. The molecule has 25 heavy (non-hydrogen) atoms. The van der Waals surface area contributed by atoms with Crippen molar-refractivity contribution in [1.29, 1.82) is 0 Å². The van der Waals surface area contributed by atoms with Crippen LogP contribution in [0.1, 0.15) is 20.3 Å². The summed E-state index contributed by atoms with van der Waals surface area (Å²) >= 11 is 0. The maximum Gasteiger partial charge on any atom is 0.322 e. The van der Waals surface area contributed by atoms with Crippen molar-refractivity contribution in [1.82, 2.24) is 10.2 Å². The summed E-state index contributed by atoms with van der Waals surface area (Å²) in [4.78, 5) is 26.6. The number of fused-ring (bicyclic) bond motifs is 2. The first-order valence-electron chi connectivity index (χ1n) is 8.62. The van der Waals surface area contributed by atoms with Crippen molar-refractivity contribution in [3.8, 4) is 5.75 Å². The Morgan fingerprint density at radius 2 is 2.12 bits per heavy atom. The number of urea groups is 1. The summed E-state index contributed by atoms with van der Waals surface area (Å²) in [7, 11) is 1.59. The number of likely N-dealkylation sites (tertiary alicyclic amines) is 1. The van der Waals surface area contributed by atoms with E-state index in [2.05, 4.69) is 10.6 Å². The van der Waals surface area contributed by atoms with Crippen molar-refractivity contribution in [3.05, 3.63) is 24.3 Å². The van der Waals surface area contributed by atoms with Gasteiger partial charge in [-0.3, -0.25) is 4.79 Å². The number of methoxy groups -OCH3 is 1. The Bertz CT molecular complexity index is 649. The van der Waals surface area contributed by atoms with E-state index in [0.717, 1.165) is 0 Å². The monoisotopic (exact) mass is 347 g/mol. The molecule has 7 heteroatoms. The summed E-state index contributed by atoms with van der Waals surface area (Å²) in [6.45, 7) is 4.79. The lowest BCUT2D eigenvalue weighted by Crippen LogP contribution is -2.49. The van der Waals surface area contributed by atoms with Crippen LogP contribution >= 0.6 is 0 Å². The molecular weight excluding hydrogens is 322 g/mol. The Labute approximate surface area is 147 Å². The number of hydrogen-bond acceptors (Lipinski definition) is 4. The highest BCUT2D eigenvalue weighted by molar-refractivity contribution is 5.90. The van der Waals surface area contributed by atoms with Crippen LogP contribution in [0.25, 0.3) is 0 Å². The van der Waals surface area contributed by atoms with Crippen molar-refractivity contribution in [2.24, 2.45) is 5.92 Å². The molecule has 2 saturated heterocycles. The normalized spacial score (nSPS) is 25.0. The van der Waals surface area contributed by atoms with Crippen molar-refractivity contribution in [2.75, 3.05) is 25.5 Å². The average Bonchev–Trinajstić information content (AvgIpc) is 2.88. The highest BCUT2D eigenvalue weighted by Gasteiger charge is 2.45. The summed E-state index contributed by atoms with van der Waals surface area (Å²) in [5, 5.41) is 5.82. The van der Waals surface area contributed by atoms with Crippen LogP contribution in [0.4, 0.5) is 10.5 Å². The highest BCUT2D eigenvalue weighted by atomic mass is 16.5. The number of carbonyl (C=O) groups excluding carboxylic acids is 2. The number of morpholine rings is 1. The molecule has 3 atom stereocenters. The summed E-state index contributed by atoms with van der Waals surface area (Å²) < 4.78 is 11.0. The van der Waals surface area contributed by atoms with Crippen LogP contribution in [0.3, 0.4) is 0 Å². The third kappa shape index (κ3) is 4.04. The third-order valence-electron chi connectivity index (χ3n) is 4.53. The topological polar surface area (TPSA) is 79.9 Å². The lowest BCUT2D eigenvalue weighted by atomic mass is 9.99. The fourth-order valence-corrected chi connectivity index (χ4v) is 3.39. The lowest BCUT2D eigenvalue weighted by Gasteiger charge is -2.32. The maximum absolute atomic E-state index is 12.6. The lowest BCUT2D eigenvalue weighted by molar-refractivity contribution is -0.128. The second kappa shape index (κ2) is 7.31. The first kappa shape index (κ1) is 17.5. The number of ether oxygens (including phenoxy) is 2. The SMILES string of the molecule is COc1cccc(NC(=O)N2C[C@@H]3C[C@@H](C(=O)NC(C)C)[C@H](C2)O3)c1. The fraction of sp³-hybridized carbons (Fsp3) is 0.556. The van der Waals surface area contributed by atoms with Gasteiger partial charge in [-0.15, -0.1) is 0 Å². The van der Waals surface area contributed by atoms with Gasteiger partial charge in [0.15, 0.2) is 0 Å². The number of hydrogen-bond donors (Lipinski definition) is 2. The van der Waals surface area contributed by atoms with Crippen LogP contribution in [-0.4, -0.2) is 55.3 Å². The largest absolute Gasteiger partial charge is 0.497 e. The standard InChI is InChI=1S/C18H25N3O4/c1-11(2)19-17(22)15-8-14-9-21(10-16(15)25-14)18(23)20-12-5-4-6-13(7-12)24-3/h4-7,11,14-16H,8-10H2,1-3H3,(H,19,22)(H,20,23)/t14-,15+,16-/m0/s1. The van der Waals surface area contributed by atoms with Gasteiger partial charge in [0.05, 0.1) is 25.2 Å². The van der Waals surface area contributed by atoms with E-state index in [4.69, 9.17) is 9.47 Å². The smallest absolute Gasteiger partial charge is 0.322 e. The van der Waals surface area contributed by atoms with Gasteiger partial charge in [-0.25, -0.2) is 4.79 Å². The molecular formula is C18H25N3O4. The van der Waals surface area contributed by atoms with E-state index in [0.29, 0.717) is 30.9 Å². The van der Waals surface area contributed by atoms with Crippen LogP contribution in [-0.2, 0) is 9.53 Å². The molecule has 2 N–H and O–H groups in total. The van der Waals surface area contributed by atoms with Gasteiger partial charge in [-0.2, -0.15) is 0 Å². The minimum atomic E-state index is -0.242. The molecule has 7 nitrogen and oxygen atoms in total. The Morgan fingerprint density at radius 1 is 1.32 bits per heavy atom. The molecule has 3 amide bonds. The predicted molar refractivity (Wildman–Crippen MR) is 93.6 cm³/mol. The van der Waals surface area contributed by atoms with Gasteiger partial charge in [0, 0.05) is 30.9 Å². The van der Waals surface area contributed by atoms with Gasteiger partial charge in [0.1, 0.15) is 5.75 Å². The fourth-order valence-electron chi connectivity index (χ4n) is 3.39. The maximum atomic E-state index is 12.6. The van der Waals surface area contributed by atoms with Crippen LogP contribution in [0.2, 0.25) is 0 Å². The van der Waals surface area contributed by atoms with Gasteiger partial charge >= 0.3 is 6.03 Å². The van der Waals surface area contributed by atoms with Crippen LogP contribution < -0.4 is 15.4 Å². The minimum absolute atomic E-state index is 0.0116. The van der Waals surface area contributed by atoms with E-state index in [1.807, 2.05) is 32.0 Å². The van der Waals surface area contributed by atoms with Gasteiger partial charge in [0.2, 0.25) is 5.91 Å². The van der Waals surface area contributed by atoms with Gasteiger partial charge in [0.25, 0.3) is 0 Å². The van der Waals surface area contributed by atoms with Crippen molar-refractivity contribution < 1.29 is 19.1 Å². The second-order valence-electron chi connectivity index (χ2n) is 6.87. The number of anilines is 1. The van der Waals surface area contributed by atoms with E-state index in [1.54, 1.807) is 18.1 Å². The van der Waals surface area contributed by atoms with E-state index >= 15 is 0 Å². The molecule has 0 radical (unpaired) electrons. The quantitative estimate of drug-likeness (QED) is 0.871. The predicted octanol–water partition coefficient (Wildman–Crippen LogP) is 1.84. The van der Waals surface area contributed by atoms with E-state index in [1.165, 1.54) is 0 Å². The van der Waals surface area contributed by atoms with Crippen molar-refractivity contribution >= 4 is 17.6 Å². The molecule has 0 saturated carbocycles. The molecule has 136 valence electrons. The summed E-state index contributed by atoms with van der Waals surface area (Å²) in [6.07, 6.45) is 0.331. The average molecular weight is 347 g/mol. The molecule has 0 aromatic heterocycles. The molecule has 2 bridgehead atoms. The zero-order chi connectivity index (χ0) is 18.0. The van der Waals surface area contributed by atoms with Gasteiger partial charge in [-0.1, -0.05) is 6.07 Å². The van der Waals surface area contributed by atoms with Gasteiger partial charge in [-0.05, 0) is 32.4 Å². The zero-order valence-corrected chi connectivity index (χ0v) is 14.8. The van der Waals surface area contributed by atoms with Crippen LogP contribution in [0.5, 0.6) is 5.75 Å². The summed E-state index contributed by atoms with van der Waals surface area (Å²) in [6, 6.07) is 7.14. The molecule has 2 fully saturated rings. The first-order valence-corrected chi connectivity index (χ1v) is 8.62. The number of carbonyl (C=O) groups is 2. The molecule has 2 aliphatic rings. The molecule has 1 aromatic carbocycles. The highest BCUT2D eigenvalue weighted by Crippen LogP contribution is 2.32. The van der Waals surface area contributed by atoms with Crippen LogP contribution in [0, 0.1) is 5.92 Å². The number of rotatable bonds is 4. The number of nitrogens with one attached hydrogen (secondary N) is 2. The van der Waals surface area contributed by atoms with Gasteiger partial charge < -0.3 is 25.0 Å². The molecule has 0 spiro atoms. The Balaban J connectivity index is 1.61. The number of benzene rings is 1. The Kier molecular flexibility index (Phi) is 5.13. The van der Waals surface area contributed by atoms with E-state index < -0.39 is 0 Å². The molecule has 0 aliphatic carbocycles. The molecule has 2 heterocycles. The molecule has 3 rings (SSSR count). The number of amides is 3. The summed E-state index contributed by atoms with van der Waals surface area (Å²) in [5.74, 6) is 0.504. The van der Waals surface area contributed by atoms with Crippen molar-refractivity contribution in [2.45, 2.75) is 38.5 Å². The number of nitrogens with zero attached hydrogens (tertiary/aromatic N) is 1. The minimum Gasteiger partial charge on any atom is -0.497 e. The van der Waals surface area contributed by atoms with E-state index in [9.17, 15) is 9.59 Å².